The molecule has 0 aliphatic heterocycles. The number of nitrogens with one attached hydrogen (secondary N) is 1. The molecule has 1 amide bonds. The number of alkyl carbamates (subject to hydrolysis) is 1. The smallest absolute Gasteiger partial charge is 0.408 e. The van der Waals surface area contributed by atoms with E-state index in [0.717, 1.165) is 5.56 Å². The normalized spacial score (nSPS) is 11.9. The summed E-state index contributed by atoms with van der Waals surface area (Å²) in [5, 5.41) is 3.00. The fourth-order valence-corrected chi connectivity index (χ4v) is 2.22. The van der Waals surface area contributed by atoms with E-state index >= 15 is 0 Å². The van der Waals surface area contributed by atoms with Crippen LogP contribution in [0.2, 0.25) is 0 Å². The molecule has 24 heavy (non-hydrogen) atoms. The van der Waals surface area contributed by atoms with E-state index in [-0.39, 0.29) is 12.5 Å². The third-order valence-electron chi connectivity index (χ3n) is 3.47. The molecule has 1 aromatic heterocycles. The van der Waals surface area contributed by atoms with Gasteiger partial charge in [-0.15, -0.1) is 0 Å². The van der Waals surface area contributed by atoms with Crippen molar-refractivity contribution < 1.29 is 13.9 Å². The molecule has 6 nitrogen and oxygen atoms in total. The molecule has 122 valence electrons. The maximum absolute atomic E-state index is 11.9. The van der Waals surface area contributed by atoms with Crippen molar-refractivity contribution >= 4 is 17.0 Å². The molecule has 2 aromatic carbocycles. The molecule has 1 N–H and O–H groups in total. The predicted octanol–water partition coefficient (Wildman–Crippen LogP) is 3.18. The van der Waals surface area contributed by atoms with Gasteiger partial charge in [-0.3, -0.25) is 0 Å². The van der Waals surface area contributed by atoms with Gasteiger partial charge in [-0.05, 0) is 24.6 Å². The molecule has 3 aromatic rings. The molecule has 0 unspecified atom stereocenters. The highest BCUT2D eigenvalue weighted by Crippen LogP contribution is 2.13. The summed E-state index contributed by atoms with van der Waals surface area (Å²) in [4.78, 5) is 28.1. The SMILES string of the molecule is C[C@H](NC(=O)OCc1ccccc1)c1nc2ccccc2c(=O)o1. The number of hydrogen-bond acceptors (Lipinski definition) is 5. The third-order valence-corrected chi connectivity index (χ3v) is 3.47. The van der Waals surface area contributed by atoms with Crippen LogP contribution in [-0.4, -0.2) is 11.1 Å². The maximum Gasteiger partial charge on any atom is 0.408 e. The second kappa shape index (κ2) is 6.95. The minimum absolute atomic E-state index is 0.135. The molecule has 0 radical (unpaired) electrons. The largest absolute Gasteiger partial charge is 0.445 e. The van der Waals surface area contributed by atoms with Gasteiger partial charge in [-0.25, -0.2) is 14.6 Å². The van der Waals surface area contributed by atoms with Gasteiger partial charge in [0.1, 0.15) is 12.6 Å². The number of rotatable bonds is 4. The summed E-state index contributed by atoms with van der Waals surface area (Å²) in [6, 6.07) is 15.6. The van der Waals surface area contributed by atoms with Crippen molar-refractivity contribution in [3.8, 4) is 0 Å². The number of carbonyl (C=O) groups is 1. The fourth-order valence-electron chi connectivity index (χ4n) is 2.22. The Hall–Kier alpha value is -3.15. The molecule has 3 rings (SSSR count). The number of aromatic nitrogens is 1. The zero-order valence-corrected chi connectivity index (χ0v) is 13.1. The van der Waals surface area contributed by atoms with E-state index in [1.165, 1.54) is 0 Å². The van der Waals surface area contributed by atoms with Gasteiger partial charge in [0.05, 0.1) is 10.9 Å². The van der Waals surface area contributed by atoms with E-state index < -0.39 is 17.8 Å². The maximum atomic E-state index is 11.9. The summed E-state index contributed by atoms with van der Waals surface area (Å²) in [5.41, 5.74) is 0.924. The highest BCUT2D eigenvalue weighted by atomic mass is 16.5. The molecule has 6 heteroatoms. The van der Waals surface area contributed by atoms with Crippen LogP contribution in [0.1, 0.15) is 24.4 Å². The second-order valence-electron chi connectivity index (χ2n) is 5.28. The van der Waals surface area contributed by atoms with Crippen LogP contribution in [0.15, 0.2) is 63.8 Å². The Kier molecular flexibility index (Phi) is 4.56. The monoisotopic (exact) mass is 324 g/mol. The Morgan fingerprint density at radius 3 is 2.67 bits per heavy atom. The number of carbonyl (C=O) groups excluding carboxylic acids is 1. The lowest BCUT2D eigenvalue weighted by Gasteiger charge is -2.12. The first-order valence-electron chi connectivity index (χ1n) is 7.50. The topological polar surface area (TPSA) is 81.4 Å². The molecule has 0 aliphatic carbocycles. The van der Waals surface area contributed by atoms with Crippen molar-refractivity contribution in [2.45, 2.75) is 19.6 Å². The summed E-state index contributed by atoms with van der Waals surface area (Å²) in [7, 11) is 0. The number of amides is 1. The molecule has 1 heterocycles. The molecule has 0 spiro atoms. The Balaban J connectivity index is 1.67. The van der Waals surface area contributed by atoms with Gasteiger partial charge in [0.15, 0.2) is 0 Å². The third kappa shape index (κ3) is 3.60. The summed E-state index contributed by atoms with van der Waals surface area (Å²) >= 11 is 0. The van der Waals surface area contributed by atoms with Gasteiger partial charge >= 0.3 is 11.7 Å². The van der Waals surface area contributed by atoms with E-state index in [1.54, 1.807) is 31.2 Å². The van der Waals surface area contributed by atoms with Gasteiger partial charge in [-0.2, -0.15) is 0 Å². The summed E-state index contributed by atoms with van der Waals surface area (Å²) in [6.07, 6.45) is -0.607. The van der Waals surface area contributed by atoms with Crippen LogP contribution in [-0.2, 0) is 11.3 Å². The number of benzene rings is 2. The molecular formula is C18H16N2O4. The lowest BCUT2D eigenvalue weighted by molar-refractivity contribution is 0.134. The highest BCUT2D eigenvalue weighted by Gasteiger charge is 2.16. The van der Waals surface area contributed by atoms with Gasteiger partial charge in [0, 0.05) is 0 Å². The average Bonchev–Trinajstić information content (AvgIpc) is 2.61. The first kappa shape index (κ1) is 15.7. The predicted molar refractivity (Wildman–Crippen MR) is 88.5 cm³/mol. The van der Waals surface area contributed by atoms with Crippen LogP contribution in [0.5, 0.6) is 0 Å². The van der Waals surface area contributed by atoms with Crippen molar-refractivity contribution in [2.24, 2.45) is 0 Å². The quantitative estimate of drug-likeness (QED) is 0.797. The molecule has 0 saturated heterocycles. The zero-order valence-electron chi connectivity index (χ0n) is 13.1. The summed E-state index contributed by atoms with van der Waals surface area (Å²) < 4.78 is 10.3. The van der Waals surface area contributed by atoms with Gasteiger partial charge in [-0.1, -0.05) is 42.5 Å². The number of fused-ring (bicyclic) bond motifs is 1. The Morgan fingerprint density at radius 1 is 1.17 bits per heavy atom. The minimum atomic E-state index is -0.607. The molecular weight excluding hydrogens is 308 g/mol. The van der Waals surface area contributed by atoms with E-state index in [9.17, 15) is 9.59 Å². The van der Waals surface area contributed by atoms with Crippen LogP contribution in [0.25, 0.3) is 10.9 Å². The highest BCUT2D eigenvalue weighted by molar-refractivity contribution is 5.76. The van der Waals surface area contributed by atoms with Crippen LogP contribution < -0.4 is 10.9 Å². The Bertz CT molecular complexity index is 906. The van der Waals surface area contributed by atoms with Crippen LogP contribution in [0.3, 0.4) is 0 Å². The van der Waals surface area contributed by atoms with Gasteiger partial charge in [0.25, 0.3) is 0 Å². The van der Waals surface area contributed by atoms with Crippen LogP contribution in [0.4, 0.5) is 4.79 Å². The summed E-state index contributed by atoms with van der Waals surface area (Å²) in [5.74, 6) is 0.135. The number of hydrogen-bond donors (Lipinski definition) is 1. The Morgan fingerprint density at radius 2 is 1.88 bits per heavy atom. The average molecular weight is 324 g/mol. The molecule has 0 fully saturated rings. The minimum Gasteiger partial charge on any atom is -0.445 e. The fraction of sp³-hybridized carbons (Fsp3) is 0.167. The zero-order chi connectivity index (χ0) is 16.9. The van der Waals surface area contributed by atoms with Crippen LogP contribution >= 0.6 is 0 Å². The van der Waals surface area contributed by atoms with E-state index in [0.29, 0.717) is 10.9 Å². The lowest BCUT2D eigenvalue weighted by atomic mass is 10.2. The Labute approximate surface area is 138 Å². The standard InChI is InChI=1S/C18H16N2O4/c1-12(19-18(22)23-11-13-7-3-2-4-8-13)16-20-15-10-6-5-9-14(15)17(21)24-16/h2-10,12H,11H2,1H3,(H,19,22)/t12-/m0/s1. The summed E-state index contributed by atoms with van der Waals surface area (Å²) in [6.45, 7) is 1.83. The number of ether oxygens (including phenoxy) is 1. The second-order valence-corrected chi connectivity index (χ2v) is 5.28. The van der Waals surface area contributed by atoms with E-state index in [4.69, 9.17) is 9.15 Å². The molecule has 1 atom stereocenters. The van der Waals surface area contributed by atoms with Crippen molar-refractivity contribution in [3.63, 3.8) is 0 Å². The first-order chi connectivity index (χ1) is 11.6. The van der Waals surface area contributed by atoms with Gasteiger partial charge in [0.2, 0.25) is 5.89 Å². The van der Waals surface area contributed by atoms with Crippen molar-refractivity contribution in [1.82, 2.24) is 10.3 Å². The van der Waals surface area contributed by atoms with Crippen molar-refractivity contribution in [3.05, 3.63) is 76.5 Å². The molecule has 0 bridgehead atoms. The van der Waals surface area contributed by atoms with E-state index in [1.807, 2.05) is 30.3 Å². The lowest BCUT2D eigenvalue weighted by Crippen LogP contribution is -2.28. The van der Waals surface area contributed by atoms with Crippen molar-refractivity contribution in [1.29, 1.82) is 0 Å². The number of nitrogens with zero attached hydrogens (tertiary/aromatic N) is 1. The van der Waals surface area contributed by atoms with Crippen molar-refractivity contribution in [2.75, 3.05) is 0 Å². The molecule has 0 saturated carbocycles. The van der Waals surface area contributed by atoms with Gasteiger partial charge < -0.3 is 14.5 Å². The van der Waals surface area contributed by atoms with E-state index in [2.05, 4.69) is 10.3 Å². The molecule has 0 aliphatic rings. The number of para-hydroxylation sites is 1. The first-order valence-corrected chi connectivity index (χ1v) is 7.50. The van der Waals surface area contributed by atoms with Crippen LogP contribution in [0, 0.1) is 0 Å².